The fraction of sp³-hybridized carbons (Fsp3) is 0.138. The first-order chi connectivity index (χ1) is 18.7. The Hall–Kier alpha value is -5.22. The smallest absolute Gasteiger partial charge is 0.349 e. The standard InChI is InChI=1S/C29H16F3N3O4/c1-3-38-28(36)20(11-33)23-18-8-14(31)9-22(32)25(18)27-19(23)10-17-15-6-5-13(30)7-16(15)24(26(17)35-27)21(12-34)29(37)39-4-2/h5-10H,3-4H2,1-2H3/b23-20-,24-21+. The van der Waals surface area contributed by atoms with Gasteiger partial charge in [-0.2, -0.15) is 10.5 Å². The van der Waals surface area contributed by atoms with Crippen LogP contribution in [-0.4, -0.2) is 30.1 Å². The van der Waals surface area contributed by atoms with E-state index in [2.05, 4.69) is 4.98 Å². The van der Waals surface area contributed by atoms with Crippen molar-refractivity contribution in [3.63, 3.8) is 0 Å². The topological polar surface area (TPSA) is 113 Å². The number of nitriles is 2. The summed E-state index contributed by atoms with van der Waals surface area (Å²) < 4.78 is 54.0. The summed E-state index contributed by atoms with van der Waals surface area (Å²) in [4.78, 5) is 30.0. The fourth-order valence-corrected chi connectivity index (χ4v) is 4.87. The Morgan fingerprint density at radius 2 is 1.36 bits per heavy atom. The molecule has 7 nitrogen and oxygen atoms in total. The maximum atomic E-state index is 15.2. The lowest BCUT2D eigenvalue weighted by molar-refractivity contribution is -0.138. The van der Waals surface area contributed by atoms with E-state index >= 15 is 4.39 Å². The number of esters is 2. The molecule has 1 aromatic heterocycles. The van der Waals surface area contributed by atoms with Crippen molar-refractivity contribution in [3.05, 3.63) is 87.4 Å². The minimum absolute atomic E-state index is 0.0179. The van der Waals surface area contributed by atoms with Crippen LogP contribution in [0.4, 0.5) is 13.2 Å². The first-order valence-corrected chi connectivity index (χ1v) is 11.7. The second kappa shape index (κ2) is 9.58. The van der Waals surface area contributed by atoms with Gasteiger partial charge >= 0.3 is 11.9 Å². The number of ether oxygens (including phenoxy) is 2. The van der Waals surface area contributed by atoms with Crippen molar-refractivity contribution in [1.82, 2.24) is 4.98 Å². The van der Waals surface area contributed by atoms with Crippen LogP contribution in [0.5, 0.6) is 0 Å². The van der Waals surface area contributed by atoms with Gasteiger partial charge in [0.05, 0.1) is 24.6 Å². The SMILES string of the molecule is CCOC(=O)/C(C#N)=C1\c2cc3c(nc2-c2c(F)cc(F)cc21)/C(=C(\C#N)C(=O)OCC)c1cc(F)ccc1-3. The molecule has 0 spiro atoms. The molecule has 0 radical (unpaired) electrons. The van der Waals surface area contributed by atoms with Gasteiger partial charge in [0.1, 0.15) is 40.7 Å². The van der Waals surface area contributed by atoms with E-state index in [0.717, 1.165) is 12.1 Å². The normalized spacial score (nSPS) is 14.7. The number of aromatic nitrogens is 1. The molecule has 5 rings (SSSR count). The highest BCUT2D eigenvalue weighted by molar-refractivity contribution is 6.15. The highest BCUT2D eigenvalue weighted by Gasteiger charge is 2.38. The predicted octanol–water partition coefficient (Wildman–Crippen LogP) is 5.24. The van der Waals surface area contributed by atoms with Gasteiger partial charge in [0, 0.05) is 33.9 Å². The van der Waals surface area contributed by atoms with Gasteiger partial charge in [-0.1, -0.05) is 6.07 Å². The van der Waals surface area contributed by atoms with E-state index in [1.54, 1.807) is 26.0 Å². The number of rotatable bonds is 4. The molecule has 0 saturated carbocycles. The highest BCUT2D eigenvalue weighted by atomic mass is 19.1. The van der Waals surface area contributed by atoms with Crippen LogP contribution in [0.2, 0.25) is 0 Å². The molecule has 10 heteroatoms. The summed E-state index contributed by atoms with van der Waals surface area (Å²) in [5.41, 5.74) is -0.258. The summed E-state index contributed by atoms with van der Waals surface area (Å²) in [5.74, 6) is -4.54. The Morgan fingerprint density at radius 1 is 0.744 bits per heavy atom. The van der Waals surface area contributed by atoms with Crippen LogP contribution in [0.25, 0.3) is 33.5 Å². The Morgan fingerprint density at radius 3 is 1.97 bits per heavy atom. The molecule has 0 fully saturated rings. The average molecular weight is 527 g/mol. The largest absolute Gasteiger partial charge is 0.462 e. The molecule has 0 unspecified atom stereocenters. The van der Waals surface area contributed by atoms with Gasteiger partial charge in [-0.05, 0) is 54.8 Å². The molecule has 0 amide bonds. The van der Waals surface area contributed by atoms with E-state index in [1.165, 1.54) is 18.2 Å². The number of carbonyl (C=O) groups is 2. The number of carbonyl (C=O) groups excluding carboxylic acids is 2. The van der Waals surface area contributed by atoms with Crippen molar-refractivity contribution >= 4 is 23.1 Å². The van der Waals surface area contributed by atoms with Crippen molar-refractivity contribution in [1.29, 1.82) is 10.5 Å². The number of halogens is 3. The van der Waals surface area contributed by atoms with Crippen molar-refractivity contribution in [2.45, 2.75) is 13.8 Å². The summed E-state index contributed by atoms with van der Waals surface area (Å²) in [6, 6.07) is 10.4. The first-order valence-electron chi connectivity index (χ1n) is 11.7. The minimum Gasteiger partial charge on any atom is -0.462 e. The maximum Gasteiger partial charge on any atom is 0.349 e. The van der Waals surface area contributed by atoms with Crippen LogP contribution >= 0.6 is 0 Å². The third-order valence-corrected chi connectivity index (χ3v) is 6.31. The van der Waals surface area contributed by atoms with Crippen molar-refractivity contribution in [2.75, 3.05) is 13.2 Å². The third kappa shape index (κ3) is 3.85. The molecule has 2 aliphatic rings. The monoisotopic (exact) mass is 527 g/mol. The Bertz CT molecular complexity index is 1780. The molecule has 3 aromatic rings. The van der Waals surface area contributed by atoms with Gasteiger partial charge in [-0.3, -0.25) is 0 Å². The van der Waals surface area contributed by atoms with Crippen LogP contribution < -0.4 is 0 Å². The number of hydrogen-bond acceptors (Lipinski definition) is 7. The number of nitrogens with zero attached hydrogens (tertiary/aromatic N) is 3. The summed E-state index contributed by atoms with van der Waals surface area (Å²) in [6.45, 7) is 3.03. The molecule has 192 valence electrons. The van der Waals surface area contributed by atoms with Crippen molar-refractivity contribution < 1.29 is 32.2 Å². The molecule has 0 atom stereocenters. The van der Waals surface area contributed by atoms with Crippen LogP contribution in [0.3, 0.4) is 0 Å². The Kier molecular flexibility index (Phi) is 6.25. The summed E-state index contributed by atoms with van der Waals surface area (Å²) in [6.07, 6.45) is 0. The Labute approximate surface area is 220 Å². The van der Waals surface area contributed by atoms with Crippen molar-refractivity contribution in [2.24, 2.45) is 0 Å². The average Bonchev–Trinajstić information content (AvgIpc) is 3.36. The number of hydrogen-bond donors (Lipinski definition) is 0. The quantitative estimate of drug-likeness (QED) is 0.179. The van der Waals surface area contributed by atoms with Gasteiger partial charge in [0.25, 0.3) is 0 Å². The predicted molar refractivity (Wildman–Crippen MR) is 132 cm³/mol. The molecule has 0 aliphatic heterocycles. The zero-order valence-electron chi connectivity index (χ0n) is 20.5. The molecule has 0 bridgehead atoms. The van der Waals surface area contributed by atoms with Gasteiger partial charge < -0.3 is 9.47 Å². The van der Waals surface area contributed by atoms with Crippen LogP contribution in [0, 0.1) is 40.1 Å². The lowest BCUT2D eigenvalue weighted by atomic mass is 9.97. The number of fused-ring (bicyclic) bond motifs is 6. The summed E-state index contributed by atoms with van der Waals surface area (Å²) in [5, 5.41) is 19.7. The Balaban J connectivity index is 1.92. The van der Waals surface area contributed by atoms with E-state index < -0.39 is 40.5 Å². The van der Waals surface area contributed by atoms with Crippen LogP contribution in [-0.2, 0) is 19.1 Å². The summed E-state index contributed by atoms with van der Waals surface area (Å²) in [7, 11) is 0. The number of benzene rings is 2. The van der Waals surface area contributed by atoms with E-state index in [1.807, 2.05) is 0 Å². The highest BCUT2D eigenvalue weighted by Crippen LogP contribution is 2.52. The molecule has 39 heavy (non-hydrogen) atoms. The van der Waals surface area contributed by atoms with Gasteiger partial charge in [-0.15, -0.1) is 0 Å². The summed E-state index contributed by atoms with van der Waals surface area (Å²) >= 11 is 0. The zero-order chi connectivity index (χ0) is 28.0. The van der Waals surface area contributed by atoms with Crippen LogP contribution in [0.1, 0.15) is 36.2 Å². The lowest BCUT2D eigenvalue weighted by Gasteiger charge is -2.09. The first kappa shape index (κ1) is 25.4. The molecule has 1 heterocycles. The number of pyridine rings is 1. The molecule has 2 aliphatic carbocycles. The second-order valence-electron chi connectivity index (χ2n) is 8.45. The van der Waals surface area contributed by atoms with Gasteiger partial charge in [0.15, 0.2) is 0 Å². The van der Waals surface area contributed by atoms with E-state index in [9.17, 15) is 28.9 Å². The zero-order valence-corrected chi connectivity index (χ0v) is 20.5. The van der Waals surface area contributed by atoms with Crippen molar-refractivity contribution in [3.8, 4) is 34.5 Å². The van der Waals surface area contributed by atoms with E-state index in [4.69, 9.17) is 9.47 Å². The molecular formula is C29H16F3N3O4. The van der Waals surface area contributed by atoms with E-state index in [0.29, 0.717) is 17.2 Å². The lowest BCUT2D eigenvalue weighted by Crippen LogP contribution is -2.09. The molecule has 2 aromatic carbocycles. The third-order valence-electron chi connectivity index (χ3n) is 6.31. The van der Waals surface area contributed by atoms with Crippen LogP contribution in [0.15, 0.2) is 47.5 Å². The molecular weight excluding hydrogens is 511 g/mol. The van der Waals surface area contributed by atoms with E-state index in [-0.39, 0.29) is 58.0 Å². The van der Waals surface area contributed by atoms with Gasteiger partial charge in [0.2, 0.25) is 0 Å². The van der Waals surface area contributed by atoms with Gasteiger partial charge in [-0.25, -0.2) is 27.7 Å². The maximum absolute atomic E-state index is 15.2. The minimum atomic E-state index is -1.01. The fourth-order valence-electron chi connectivity index (χ4n) is 4.87. The molecule has 0 N–H and O–H groups in total. The molecule has 0 saturated heterocycles. The second-order valence-corrected chi connectivity index (χ2v) is 8.45.